The van der Waals surface area contributed by atoms with Crippen molar-refractivity contribution in [1.82, 2.24) is 14.6 Å². The largest absolute Gasteiger partial charge is 0.396 e. The second-order valence-corrected chi connectivity index (χ2v) is 4.13. The molecule has 0 bridgehead atoms. The molecule has 0 saturated carbocycles. The van der Waals surface area contributed by atoms with Gasteiger partial charge in [-0.15, -0.1) is 0 Å². The fourth-order valence-corrected chi connectivity index (χ4v) is 1.77. The Morgan fingerprint density at radius 2 is 2.18 bits per heavy atom. The van der Waals surface area contributed by atoms with Crippen molar-refractivity contribution in [1.29, 1.82) is 0 Å². The van der Waals surface area contributed by atoms with E-state index >= 15 is 0 Å². The van der Waals surface area contributed by atoms with Crippen LogP contribution in [0.4, 0.5) is 5.82 Å². The molecule has 0 fully saturated rings. The molecular weight excluding hydrogens is 216 g/mol. The molecule has 0 atom stereocenters. The van der Waals surface area contributed by atoms with Crippen molar-refractivity contribution in [3.8, 4) is 0 Å². The highest BCUT2D eigenvalue weighted by molar-refractivity contribution is 5.46. The number of rotatable bonds is 6. The Kier molecular flexibility index (Phi) is 3.93. The average molecular weight is 234 g/mol. The van der Waals surface area contributed by atoms with Crippen LogP contribution in [-0.2, 0) is 0 Å². The number of nitrogens with zero attached hydrogens (tertiary/aromatic N) is 4. The minimum Gasteiger partial charge on any atom is -0.396 e. The quantitative estimate of drug-likeness (QED) is 0.766. The fourth-order valence-electron chi connectivity index (χ4n) is 1.77. The van der Waals surface area contributed by atoms with Crippen molar-refractivity contribution in [3.05, 3.63) is 24.5 Å². The molecule has 5 nitrogen and oxygen atoms in total. The van der Waals surface area contributed by atoms with Crippen LogP contribution in [0, 0.1) is 0 Å². The highest BCUT2D eigenvalue weighted by Crippen LogP contribution is 2.11. The molecule has 0 saturated heterocycles. The molecule has 0 unspecified atom stereocenters. The number of aliphatic hydroxyl groups is 1. The molecule has 17 heavy (non-hydrogen) atoms. The SMILES string of the molecule is CN(CCCCCO)c1ccn2nccc2n1. The standard InChI is InChI=1S/C12H18N4O/c1-15(8-3-2-4-10-17)11-6-9-16-12(14-11)5-7-13-16/h5-7,9,17H,2-4,8,10H2,1H3. The van der Waals surface area contributed by atoms with E-state index in [4.69, 9.17) is 5.11 Å². The molecule has 2 heterocycles. The van der Waals surface area contributed by atoms with Crippen molar-refractivity contribution in [2.75, 3.05) is 25.1 Å². The molecule has 2 aromatic heterocycles. The first kappa shape index (κ1) is 11.9. The van der Waals surface area contributed by atoms with Crippen LogP contribution >= 0.6 is 0 Å². The summed E-state index contributed by atoms with van der Waals surface area (Å²) in [5, 5.41) is 12.8. The van der Waals surface area contributed by atoms with Crippen LogP contribution in [0.3, 0.4) is 0 Å². The number of anilines is 1. The second-order valence-electron chi connectivity index (χ2n) is 4.13. The Labute approximate surface area is 101 Å². The fraction of sp³-hybridized carbons (Fsp3) is 0.500. The molecule has 0 aliphatic heterocycles. The van der Waals surface area contributed by atoms with Gasteiger partial charge in [0.25, 0.3) is 0 Å². The van der Waals surface area contributed by atoms with Gasteiger partial charge in [-0.1, -0.05) is 0 Å². The third-order valence-corrected chi connectivity index (χ3v) is 2.79. The summed E-state index contributed by atoms with van der Waals surface area (Å²) in [4.78, 5) is 6.64. The van der Waals surface area contributed by atoms with Crippen LogP contribution in [0.25, 0.3) is 5.65 Å². The summed E-state index contributed by atoms with van der Waals surface area (Å²) in [5.74, 6) is 0.960. The maximum absolute atomic E-state index is 8.71. The first-order valence-corrected chi connectivity index (χ1v) is 5.93. The summed E-state index contributed by atoms with van der Waals surface area (Å²) in [5.41, 5.74) is 0.865. The smallest absolute Gasteiger partial charge is 0.157 e. The van der Waals surface area contributed by atoms with Gasteiger partial charge in [-0.2, -0.15) is 5.10 Å². The Morgan fingerprint density at radius 1 is 1.29 bits per heavy atom. The highest BCUT2D eigenvalue weighted by atomic mass is 16.2. The summed E-state index contributed by atoms with van der Waals surface area (Å²) in [6.07, 6.45) is 6.66. The molecule has 0 spiro atoms. The lowest BCUT2D eigenvalue weighted by Crippen LogP contribution is -2.20. The van der Waals surface area contributed by atoms with E-state index in [0.717, 1.165) is 37.3 Å². The van der Waals surface area contributed by atoms with Gasteiger partial charge >= 0.3 is 0 Å². The summed E-state index contributed by atoms with van der Waals surface area (Å²) >= 11 is 0. The van der Waals surface area contributed by atoms with Gasteiger partial charge < -0.3 is 10.0 Å². The predicted octanol–water partition coefficient (Wildman–Crippen LogP) is 1.33. The number of unbranched alkanes of at least 4 members (excludes halogenated alkanes) is 2. The van der Waals surface area contributed by atoms with E-state index < -0.39 is 0 Å². The van der Waals surface area contributed by atoms with Crippen molar-refractivity contribution in [3.63, 3.8) is 0 Å². The number of fused-ring (bicyclic) bond motifs is 1. The number of hydrogen-bond donors (Lipinski definition) is 1. The van der Waals surface area contributed by atoms with E-state index in [1.807, 2.05) is 25.4 Å². The van der Waals surface area contributed by atoms with E-state index in [2.05, 4.69) is 15.0 Å². The second kappa shape index (κ2) is 5.63. The summed E-state index contributed by atoms with van der Waals surface area (Å²) in [6, 6.07) is 3.86. The number of aromatic nitrogens is 3. The number of hydrogen-bond acceptors (Lipinski definition) is 4. The zero-order valence-electron chi connectivity index (χ0n) is 10.1. The zero-order valence-corrected chi connectivity index (χ0v) is 10.1. The molecule has 0 aromatic carbocycles. The van der Waals surface area contributed by atoms with Crippen LogP contribution in [0.2, 0.25) is 0 Å². The van der Waals surface area contributed by atoms with Crippen molar-refractivity contribution < 1.29 is 5.11 Å². The summed E-state index contributed by atoms with van der Waals surface area (Å²) in [7, 11) is 2.04. The topological polar surface area (TPSA) is 53.7 Å². The van der Waals surface area contributed by atoms with Crippen molar-refractivity contribution in [2.24, 2.45) is 0 Å². The van der Waals surface area contributed by atoms with Crippen LogP contribution in [0.5, 0.6) is 0 Å². The molecular formula is C12H18N4O. The van der Waals surface area contributed by atoms with E-state index in [-0.39, 0.29) is 6.61 Å². The van der Waals surface area contributed by atoms with Crippen LogP contribution in [0.1, 0.15) is 19.3 Å². The first-order valence-electron chi connectivity index (χ1n) is 5.93. The van der Waals surface area contributed by atoms with Gasteiger partial charge in [-0.25, -0.2) is 9.50 Å². The highest BCUT2D eigenvalue weighted by Gasteiger charge is 2.03. The van der Waals surface area contributed by atoms with Gasteiger partial charge in [0.1, 0.15) is 5.82 Å². The maximum Gasteiger partial charge on any atom is 0.157 e. The molecule has 0 amide bonds. The molecule has 92 valence electrons. The van der Waals surface area contributed by atoms with Gasteiger partial charge in [-0.3, -0.25) is 0 Å². The van der Waals surface area contributed by atoms with E-state index in [9.17, 15) is 0 Å². The average Bonchev–Trinajstić information content (AvgIpc) is 2.81. The third-order valence-electron chi connectivity index (χ3n) is 2.79. The van der Waals surface area contributed by atoms with E-state index in [0.29, 0.717) is 0 Å². The zero-order chi connectivity index (χ0) is 12.1. The Bertz CT molecular complexity index is 468. The normalized spacial score (nSPS) is 10.9. The van der Waals surface area contributed by atoms with Gasteiger partial charge in [0.15, 0.2) is 5.65 Å². The molecule has 0 radical (unpaired) electrons. The Morgan fingerprint density at radius 3 is 3.00 bits per heavy atom. The lowest BCUT2D eigenvalue weighted by atomic mass is 10.2. The van der Waals surface area contributed by atoms with Gasteiger partial charge in [0.05, 0.1) is 6.20 Å². The molecule has 5 heteroatoms. The Hall–Kier alpha value is -1.62. The molecule has 2 rings (SSSR count). The lowest BCUT2D eigenvalue weighted by Gasteiger charge is -2.17. The van der Waals surface area contributed by atoms with Crippen LogP contribution in [-0.4, -0.2) is 39.9 Å². The van der Waals surface area contributed by atoms with Crippen LogP contribution in [0.15, 0.2) is 24.5 Å². The van der Waals surface area contributed by atoms with E-state index in [1.54, 1.807) is 10.7 Å². The number of aliphatic hydroxyl groups excluding tert-OH is 1. The van der Waals surface area contributed by atoms with E-state index in [1.165, 1.54) is 0 Å². The van der Waals surface area contributed by atoms with Crippen molar-refractivity contribution >= 4 is 11.5 Å². The minimum atomic E-state index is 0.281. The summed E-state index contributed by atoms with van der Waals surface area (Å²) < 4.78 is 1.75. The Balaban J connectivity index is 1.95. The van der Waals surface area contributed by atoms with Gasteiger partial charge in [0.2, 0.25) is 0 Å². The predicted molar refractivity (Wildman–Crippen MR) is 67.2 cm³/mol. The maximum atomic E-state index is 8.71. The lowest BCUT2D eigenvalue weighted by molar-refractivity contribution is 0.283. The molecule has 0 aliphatic carbocycles. The van der Waals surface area contributed by atoms with Gasteiger partial charge in [-0.05, 0) is 25.3 Å². The van der Waals surface area contributed by atoms with Crippen molar-refractivity contribution in [2.45, 2.75) is 19.3 Å². The van der Waals surface area contributed by atoms with Gasteiger partial charge in [0, 0.05) is 32.5 Å². The monoisotopic (exact) mass is 234 g/mol. The van der Waals surface area contributed by atoms with Crippen LogP contribution < -0.4 is 4.90 Å². The summed E-state index contributed by atoms with van der Waals surface area (Å²) in [6.45, 7) is 1.24. The minimum absolute atomic E-state index is 0.281. The third kappa shape index (κ3) is 2.94. The molecule has 2 aromatic rings. The molecule has 1 N–H and O–H groups in total. The first-order chi connectivity index (χ1) is 8.31. The molecule has 0 aliphatic rings.